The van der Waals surface area contributed by atoms with Crippen LogP contribution in [0.15, 0.2) is 22.8 Å². The van der Waals surface area contributed by atoms with Crippen LogP contribution in [0, 0.1) is 17.2 Å². The lowest BCUT2D eigenvalue weighted by Gasteiger charge is -2.05. The van der Waals surface area contributed by atoms with Crippen molar-refractivity contribution in [3.05, 3.63) is 28.4 Å². The highest BCUT2D eigenvalue weighted by Gasteiger charge is 2.09. The molecule has 82 valence electrons. The number of aromatic nitrogens is 2. The monoisotopic (exact) mass is 277 g/mol. The molecule has 1 heterocycles. The maximum atomic E-state index is 8.85. The van der Waals surface area contributed by atoms with Crippen LogP contribution in [-0.4, -0.2) is 9.78 Å². The van der Waals surface area contributed by atoms with E-state index in [4.69, 9.17) is 5.26 Å². The Morgan fingerprint density at radius 3 is 2.88 bits per heavy atom. The van der Waals surface area contributed by atoms with E-state index in [1.54, 1.807) is 0 Å². The molecular weight excluding hydrogens is 266 g/mol. The number of nitrogens with zero attached hydrogens (tertiary/aromatic N) is 3. The van der Waals surface area contributed by atoms with Crippen LogP contribution >= 0.6 is 15.9 Å². The summed E-state index contributed by atoms with van der Waals surface area (Å²) in [6.45, 7) is 5.20. The van der Waals surface area contributed by atoms with Crippen LogP contribution in [0.5, 0.6) is 0 Å². The van der Waals surface area contributed by atoms with E-state index in [1.165, 1.54) is 0 Å². The molecule has 0 spiro atoms. The molecule has 0 aliphatic heterocycles. The van der Waals surface area contributed by atoms with Crippen molar-refractivity contribution in [3.63, 3.8) is 0 Å². The standard InChI is InChI=1S/C12H12BrN3/c1-8(2)7-16-11-4-3-9(6-14)5-10(11)12(13)15-16/h3-5,8H,7H2,1-2H3. The number of benzene rings is 1. The van der Waals surface area contributed by atoms with E-state index in [0.29, 0.717) is 11.5 Å². The molecule has 4 heteroatoms. The molecule has 0 amide bonds. The highest BCUT2D eigenvalue weighted by Crippen LogP contribution is 2.24. The van der Waals surface area contributed by atoms with Gasteiger partial charge in [-0.15, -0.1) is 0 Å². The fourth-order valence-electron chi connectivity index (χ4n) is 1.69. The van der Waals surface area contributed by atoms with E-state index in [1.807, 2.05) is 22.9 Å². The Bertz CT molecular complexity index is 563. The van der Waals surface area contributed by atoms with Crippen LogP contribution in [0.3, 0.4) is 0 Å². The minimum absolute atomic E-state index is 0.547. The van der Waals surface area contributed by atoms with Crippen molar-refractivity contribution >= 4 is 26.8 Å². The summed E-state index contributed by atoms with van der Waals surface area (Å²) in [4.78, 5) is 0. The third-order valence-electron chi connectivity index (χ3n) is 2.37. The van der Waals surface area contributed by atoms with E-state index in [-0.39, 0.29) is 0 Å². The summed E-state index contributed by atoms with van der Waals surface area (Å²) < 4.78 is 2.78. The molecule has 0 fully saturated rings. The van der Waals surface area contributed by atoms with Gasteiger partial charge in [-0.05, 0) is 40.0 Å². The molecule has 1 aromatic carbocycles. The number of nitriles is 1. The lowest BCUT2D eigenvalue weighted by atomic mass is 10.2. The largest absolute Gasteiger partial charge is 0.263 e. The molecule has 0 N–H and O–H groups in total. The highest BCUT2D eigenvalue weighted by molar-refractivity contribution is 9.10. The third kappa shape index (κ3) is 1.96. The minimum atomic E-state index is 0.547. The molecule has 0 saturated heterocycles. The van der Waals surface area contributed by atoms with E-state index in [9.17, 15) is 0 Å². The summed E-state index contributed by atoms with van der Waals surface area (Å²) in [5, 5.41) is 14.3. The van der Waals surface area contributed by atoms with Gasteiger partial charge in [-0.2, -0.15) is 10.4 Å². The normalized spacial score (nSPS) is 10.9. The number of hydrogen-bond acceptors (Lipinski definition) is 2. The van der Waals surface area contributed by atoms with Gasteiger partial charge in [0.25, 0.3) is 0 Å². The van der Waals surface area contributed by atoms with Gasteiger partial charge in [0.2, 0.25) is 0 Å². The average molecular weight is 278 g/mol. The van der Waals surface area contributed by atoms with Crippen molar-refractivity contribution in [2.75, 3.05) is 0 Å². The van der Waals surface area contributed by atoms with Crippen molar-refractivity contribution in [3.8, 4) is 6.07 Å². The number of rotatable bonds is 2. The molecule has 0 bridgehead atoms. The van der Waals surface area contributed by atoms with Crippen LogP contribution in [0.25, 0.3) is 10.9 Å². The second kappa shape index (κ2) is 4.26. The number of fused-ring (bicyclic) bond motifs is 1. The Morgan fingerprint density at radius 2 is 2.25 bits per heavy atom. The zero-order valence-electron chi connectivity index (χ0n) is 9.24. The zero-order valence-corrected chi connectivity index (χ0v) is 10.8. The Hall–Kier alpha value is -1.34. The van der Waals surface area contributed by atoms with Gasteiger partial charge in [0, 0.05) is 11.9 Å². The van der Waals surface area contributed by atoms with Crippen molar-refractivity contribution in [2.45, 2.75) is 20.4 Å². The van der Waals surface area contributed by atoms with Crippen LogP contribution in [-0.2, 0) is 6.54 Å². The molecule has 3 nitrogen and oxygen atoms in total. The molecule has 0 atom stereocenters. The van der Waals surface area contributed by atoms with Crippen molar-refractivity contribution in [1.82, 2.24) is 9.78 Å². The molecule has 0 aliphatic carbocycles. The topological polar surface area (TPSA) is 41.6 Å². The van der Waals surface area contributed by atoms with Gasteiger partial charge in [-0.25, -0.2) is 0 Å². The highest BCUT2D eigenvalue weighted by atomic mass is 79.9. The summed E-state index contributed by atoms with van der Waals surface area (Å²) in [7, 11) is 0. The lowest BCUT2D eigenvalue weighted by Crippen LogP contribution is -2.05. The Morgan fingerprint density at radius 1 is 1.50 bits per heavy atom. The minimum Gasteiger partial charge on any atom is -0.263 e. The average Bonchev–Trinajstić information content (AvgIpc) is 2.54. The first-order chi connectivity index (χ1) is 7.61. The second-order valence-corrected chi connectivity index (χ2v) is 4.96. The molecule has 16 heavy (non-hydrogen) atoms. The maximum Gasteiger partial charge on any atom is 0.136 e. The summed E-state index contributed by atoms with van der Waals surface area (Å²) >= 11 is 3.43. The van der Waals surface area contributed by atoms with E-state index >= 15 is 0 Å². The molecule has 0 unspecified atom stereocenters. The fourth-order valence-corrected chi connectivity index (χ4v) is 2.20. The Labute approximate surface area is 103 Å². The predicted octanol–water partition coefficient (Wildman–Crippen LogP) is 3.33. The SMILES string of the molecule is CC(C)Cn1nc(Br)c2cc(C#N)ccc21. The number of halogens is 1. The third-order valence-corrected chi connectivity index (χ3v) is 2.96. The molecule has 0 aliphatic rings. The summed E-state index contributed by atoms with van der Waals surface area (Å²) in [6.07, 6.45) is 0. The Kier molecular flexibility index (Phi) is 2.97. The van der Waals surface area contributed by atoms with Gasteiger partial charge in [0.15, 0.2) is 0 Å². The van der Waals surface area contributed by atoms with Crippen molar-refractivity contribution in [2.24, 2.45) is 5.92 Å². The summed E-state index contributed by atoms with van der Waals surface area (Å²) in [6, 6.07) is 7.78. The molecule has 0 saturated carbocycles. The van der Waals surface area contributed by atoms with Crippen LogP contribution in [0.4, 0.5) is 0 Å². The molecular formula is C12H12BrN3. The molecule has 1 aromatic heterocycles. The van der Waals surface area contributed by atoms with Crippen LogP contribution in [0.1, 0.15) is 19.4 Å². The predicted molar refractivity (Wildman–Crippen MR) is 67.0 cm³/mol. The maximum absolute atomic E-state index is 8.85. The summed E-state index contributed by atoms with van der Waals surface area (Å²) in [5.41, 5.74) is 1.73. The summed E-state index contributed by atoms with van der Waals surface area (Å²) in [5.74, 6) is 0.547. The molecule has 2 rings (SSSR count). The van der Waals surface area contributed by atoms with Crippen LogP contribution < -0.4 is 0 Å². The number of hydrogen-bond donors (Lipinski definition) is 0. The van der Waals surface area contributed by atoms with Gasteiger partial charge < -0.3 is 0 Å². The first kappa shape index (κ1) is 11.2. The quantitative estimate of drug-likeness (QED) is 0.845. The lowest BCUT2D eigenvalue weighted by molar-refractivity contribution is 0.493. The van der Waals surface area contributed by atoms with Gasteiger partial charge in [-0.1, -0.05) is 13.8 Å². The molecule has 0 radical (unpaired) electrons. The van der Waals surface area contributed by atoms with Crippen molar-refractivity contribution in [1.29, 1.82) is 5.26 Å². The molecule has 2 aromatic rings. The van der Waals surface area contributed by atoms with Gasteiger partial charge in [0.1, 0.15) is 4.60 Å². The van der Waals surface area contributed by atoms with Crippen molar-refractivity contribution < 1.29 is 0 Å². The van der Waals surface area contributed by atoms with E-state index in [0.717, 1.165) is 22.1 Å². The second-order valence-electron chi connectivity index (χ2n) is 4.21. The Balaban J connectivity index is 2.59. The van der Waals surface area contributed by atoms with Gasteiger partial charge >= 0.3 is 0 Å². The fraction of sp³-hybridized carbons (Fsp3) is 0.333. The van der Waals surface area contributed by atoms with E-state index < -0.39 is 0 Å². The zero-order chi connectivity index (χ0) is 11.7. The van der Waals surface area contributed by atoms with Crippen LogP contribution in [0.2, 0.25) is 0 Å². The van der Waals surface area contributed by atoms with Gasteiger partial charge in [0.05, 0.1) is 17.1 Å². The first-order valence-corrected chi connectivity index (χ1v) is 5.97. The first-order valence-electron chi connectivity index (χ1n) is 5.18. The van der Waals surface area contributed by atoms with E-state index in [2.05, 4.69) is 40.9 Å². The smallest absolute Gasteiger partial charge is 0.136 e. The van der Waals surface area contributed by atoms with Gasteiger partial charge in [-0.3, -0.25) is 4.68 Å².